The molecule has 1 atom stereocenters. The van der Waals surface area contributed by atoms with Crippen LogP contribution < -0.4 is 29.0 Å². The maximum Gasteiger partial charge on any atom is 0.308 e. The molecule has 2 aromatic carbocycles. The summed E-state index contributed by atoms with van der Waals surface area (Å²) in [6, 6.07) is 9.34. The normalized spacial score (nSPS) is 11.2. The number of esters is 4. The van der Waals surface area contributed by atoms with Gasteiger partial charge in [0.2, 0.25) is 0 Å². The number of carbonyl (C=O) groups excluding carboxylic acids is 4. The molecule has 0 aromatic heterocycles. The van der Waals surface area contributed by atoms with Crippen LogP contribution in [0.5, 0.6) is 28.7 Å². The lowest BCUT2D eigenvalue weighted by molar-refractivity contribution is -0.134. The number of hydrogen-bond donors (Lipinski definition) is 1. The van der Waals surface area contributed by atoms with E-state index in [1.807, 2.05) is 6.92 Å². The first-order valence-electron chi connectivity index (χ1n) is 10.4. The van der Waals surface area contributed by atoms with Crippen molar-refractivity contribution in [3.8, 4) is 28.7 Å². The molecule has 0 amide bonds. The molecule has 1 unspecified atom stereocenters. The number of ether oxygens (including phenoxy) is 5. The van der Waals surface area contributed by atoms with Crippen molar-refractivity contribution < 1.29 is 42.9 Å². The van der Waals surface area contributed by atoms with Crippen LogP contribution in [0.2, 0.25) is 0 Å². The van der Waals surface area contributed by atoms with Gasteiger partial charge < -0.3 is 29.0 Å². The Morgan fingerprint density at radius 3 is 1.71 bits per heavy atom. The van der Waals surface area contributed by atoms with Gasteiger partial charge in [0, 0.05) is 46.3 Å². The molecule has 10 nitrogen and oxygen atoms in total. The Bertz CT molecular complexity index is 981. The first kappa shape index (κ1) is 26.3. The molecule has 0 aliphatic heterocycles. The summed E-state index contributed by atoms with van der Waals surface area (Å²) in [5, 5.41) is 3.27. The minimum absolute atomic E-state index is 0.0756. The average Bonchev–Trinajstić information content (AvgIpc) is 2.72. The van der Waals surface area contributed by atoms with Gasteiger partial charge in [0.25, 0.3) is 0 Å². The third kappa shape index (κ3) is 8.91. The highest BCUT2D eigenvalue weighted by Gasteiger charge is 2.14. The van der Waals surface area contributed by atoms with Gasteiger partial charge in [-0.05, 0) is 36.8 Å². The topological polar surface area (TPSA) is 126 Å². The highest BCUT2D eigenvalue weighted by atomic mass is 16.6. The summed E-state index contributed by atoms with van der Waals surface area (Å²) in [5.74, 6) is -1.25. The molecule has 0 saturated carbocycles. The fourth-order valence-electron chi connectivity index (χ4n) is 2.76. The van der Waals surface area contributed by atoms with Gasteiger partial charge in [0.1, 0.15) is 12.4 Å². The van der Waals surface area contributed by atoms with E-state index in [2.05, 4.69) is 5.32 Å². The Morgan fingerprint density at radius 2 is 1.18 bits per heavy atom. The van der Waals surface area contributed by atoms with Crippen molar-refractivity contribution in [1.82, 2.24) is 5.32 Å². The summed E-state index contributed by atoms with van der Waals surface area (Å²) in [5.41, 5.74) is 0.793. The van der Waals surface area contributed by atoms with Crippen LogP contribution in [0, 0.1) is 0 Å². The largest absolute Gasteiger partial charge is 0.492 e. The molecule has 34 heavy (non-hydrogen) atoms. The predicted octanol–water partition coefficient (Wildman–Crippen LogP) is 2.94. The van der Waals surface area contributed by atoms with E-state index < -0.39 is 23.9 Å². The van der Waals surface area contributed by atoms with Crippen molar-refractivity contribution in [1.29, 1.82) is 0 Å². The molecule has 0 heterocycles. The van der Waals surface area contributed by atoms with Crippen LogP contribution in [0.1, 0.15) is 40.2 Å². The molecule has 0 bridgehead atoms. The van der Waals surface area contributed by atoms with Crippen LogP contribution in [0.25, 0.3) is 0 Å². The lowest BCUT2D eigenvalue weighted by atomic mass is 10.2. The zero-order valence-electron chi connectivity index (χ0n) is 19.6. The van der Waals surface area contributed by atoms with E-state index in [4.69, 9.17) is 23.7 Å². The summed E-state index contributed by atoms with van der Waals surface area (Å²) in [6.45, 7) is 7.59. The van der Waals surface area contributed by atoms with Crippen molar-refractivity contribution in [2.24, 2.45) is 0 Å². The van der Waals surface area contributed by atoms with Gasteiger partial charge in [-0.1, -0.05) is 6.07 Å². The minimum atomic E-state index is -0.562. The molecule has 2 aromatic rings. The molecule has 0 aliphatic carbocycles. The van der Waals surface area contributed by atoms with Crippen molar-refractivity contribution >= 4 is 23.9 Å². The molecular formula is C24H27NO9. The van der Waals surface area contributed by atoms with Gasteiger partial charge in [0.15, 0.2) is 23.0 Å². The van der Waals surface area contributed by atoms with Gasteiger partial charge >= 0.3 is 23.9 Å². The van der Waals surface area contributed by atoms with Crippen LogP contribution in [0.15, 0.2) is 36.4 Å². The van der Waals surface area contributed by atoms with Gasteiger partial charge in [-0.3, -0.25) is 19.2 Å². The van der Waals surface area contributed by atoms with E-state index in [0.29, 0.717) is 12.3 Å². The van der Waals surface area contributed by atoms with Gasteiger partial charge in [0.05, 0.1) is 0 Å². The van der Waals surface area contributed by atoms with Crippen molar-refractivity contribution in [2.75, 3.05) is 6.61 Å². The van der Waals surface area contributed by atoms with Gasteiger partial charge in [-0.25, -0.2) is 0 Å². The van der Waals surface area contributed by atoms with Crippen LogP contribution in [-0.2, 0) is 25.7 Å². The fourth-order valence-corrected chi connectivity index (χ4v) is 2.76. The quantitative estimate of drug-likeness (QED) is 0.406. The van der Waals surface area contributed by atoms with E-state index in [9.17, 15) is 19.2 Å². The van der Waals surface area contributed by atoms with Crippen LogP contribution in [0.4, 0.5) is 0 Å². The smallest absolute Gasteiger partial charge is 0.308 e. The Labute approximate surface area is 197 Å². The van der Waals surface area contributed by atoms with Crippen LogP contribution in [-0.4, -0.2) is 36.5 Å². The van der Waals surface area contributed by atoms with E-state index in [1.165, 1.54) is 39.8 Å². The van der Waals surface area contributed by atoms with Crippen LogP contribution >= 0.6 is 0 Å². The molecule has 2 rings (SSSR count). The number of nitrogens with one attached hydrogen (secondary N) is 1. The number of hydrogen-bond acceptors (Lipinski definition) is 10. The molecule has 0 radical (unpaired) electrons. The molecule has 10 heteroatoms. The molecule has 0 spiro atoms. The van der Waals surface area contributed by atoms with E-state index in [-0.39, 0.29) is 35.6 Å². The second kappa shape index (κ2) is 12.4. The molecule has 0 aliphatic rings. The summed E-state index contributed by atoms with van der Waals surface area (Å²) >= 11 is 0. The lowest BCUT2D eigenvalue weighted by Gasteiger charge is -2.17. The Hall–Kier alpha value is -3.92. The highest BCUT2D eigenvalue weighted by Crippen LogP contribution is 2.32. The highest BCUT2D eigenvalue weighted by molar-refractivity contribution is 5.74. The molecule has 0 fully saturated rings. The Kier molecular flexibility index (Phi) is 9.57. The third-order valence-corrected chi connectivity index (χ3v) is 4.09. The fraction of sp³-hybridized carbons (Fsp3) is 0.333. The van der Waals surface area contributed by atoms with Crippen LogP contribution in [0.3, 0.4) is 0 Å². The molecular weight excluding hydrogens is 446 g/mol. The minimum Gasteiger partial charge on any atom is -0.492 e. The van der Waals surface area contributed by atoms with E-state index in [1.54, 1.807) is 24.3 Å². The maximum absolute atomic E-state index is 11.4. The van der Waals surface area contributed by atoms with Crippen molar-refractivity contribution in [3.05, 3.63) is 42.0 Å². The lowest BCUT2D eigenvalue weighted by Crippen LogP contribution is -2.31. The zero-order valence-corrected chi connectivity index (χ0v) is 19.6. The van der Waals surface area contributed by atoms with E-state index in [0.717, 1.165) is 5.56 Å². The summed E-state index contributed by atoms with van der Waals surface area (Å²) in [7, 11) is 0. The number of carbonyl (C=O) groups is 4. The summed E-state index contributed by atoms with van der Waals surface area (Å²) in [6.07, 6.45) is 0. The second-order valence-electron chi connectivity index (χ2n) is 7.36. The molecule has 0 saturated heterocycles. The standard InChI is InChI=1S/C24H27NO9/c1-14(13-30-20-7-9-22(32-16(3)27)24(11-20)34-18(5)29)25-12-19-6-8-21(31-15(2)26)23(10-19)33-17(4)28/h6-11,14,25H,12-13H2,1-5H3. The maximum atomic E-state index is 11.4. The van der Waals surface area contributed by atoms with E-state index >= 15 is 0 Å². The predicted molar refractivity (Wildman–Crippen MR) is 120 cm³/mol. The monoisotopic (exact) mass is 473 g/mol. The second-order valence-corrected chi connectivity index (χ2v) is 7.36. The first-order valence-corrected chi connectivity index (χ1v) is 10.4. The first-order chi connectivity index (χ1) is 16.0. The van der Waals surface area contributed by atoms with Crippen molar-refractivity contribution in [3.63, 3.8) is 0 Å². The number of benzene rings is 2. The molecule has 182 valence electrons. The van der Waals surface area contributed by atoms with Gasteiger partial charge in [-0.15, -0.1) is 0 Å². The Balaban J connectivity index is 1.99. The Morgan fingerprint density at radius 1 is 0.706 bits per heavy atom. The SMILES string of the molecule is CC(=O)Oc1ccc(CNC(C)COc2ccc(OC(C)=O)c(OC(C)=O)c2)cc1OC(C)=O. The van der Waals surface area contributed by atoms with Gasteiger partial charge in [-0.2, -0.15) is 0 Å². The third-order valence-electron chi connectivity index (χ3n) is 4.09. The number of rotatable bonds is 10. The summed E-state index contributed by atoms with van der Waals surface area (Å²) in [4.78, 5) is 45.2. The summed E-state index contributed by atoms with van der Waals surface area (Å²) < 4.78 is 26.1. The van der Waals surface area contributed by atoms with Crippen molar-refractivity contribution in [2.45, 2.75) is 47.2 Å². The zero-order chi connectivity index (χ0) is 25.3. The molecule has 1 N–H and O–H groups in total. The average molecular weight is 473 g/mol.